The van der Waals surface area contributed by atoms with Gasteiger partial charge in [-0.2, -0.15) is 4.98 Å². The van der Waals surface area contributed by atoms with Crippen LogP contribution in [0.1, 0.15) is 0 Å². The van der Waals surface area contributed by atoms with Crippen molar-refractivity contribution in [2.45, 2.75) is 0 Å². The Kier molecular flexibility index (Phi) is 3.80. The molecule has 3 aromatic heterocycles. The Labute approximate surface area is 159 Å². The lowest BCUT2D eigenvalue weighted by molar-refractivity contribution is 0.432. The van der Waals surface area contributed by atoms with Crippen molar-refractivity contribution in [3.05, 3.63) is 95.7 Å². The summed E-state index contributed by atoms with van der Waals surface area (Å²) in [5.41, 5.74) is 2.13. The first kappa shape index (κ1) is 16.1. The van der Waals surface area contributed by atoms with E-state index in [0.29, 0.717) is 22.7 Å². The Balaban J connectivity index is 1.75. The summed E-state index contributed by atoms with van der Waals surface area (Å²) in [5, 5.41) is 5.43. The van der Waals surface area contributed by atoms with Gasteiger partial charge < -0.3 is 4.52 Å². The van der Waals surface area contributed by atoms with Gasteiger partial charge in [0.05, 0.1) is 5.56 Å². The van der Waals surface area contributed by atoms with Crippen molar-refractivity contribution in [3.63, 3.8) is 0 Å². The zero-order chi connectivity index (χ0) is 18.9. The van der Waals surface area contributed by atoms with Crippen LogP contribution >= 0.6 is 0 Å². The van der Waals surface area contributed by atoms with Gasteiger partial charge in [0, 0.05) is 40.6 Å². The molecule has 0 amide bonds. The molecule has 0 aliphatic rings. The van der Waals surface area contributed by atoms with Gasteiger partial charge in [-0.25, -0.2) is 0 Å². The maximum absolute atomic E-state index is 13.0. The highest BCUT2D eigenvalue weighted by atomic mass is 16.5. The lowest BCUT2D eigenvalue weighted by atomic mass is 10.1. The summed E-state index contributed by atoms with van der Waals surface area (Å²) in [4.78, 5) is 21.7. The van der Waals surface area contributed by atoms with Crippen molar-refractivity contribution in [1.82, 2.24) is 19.7 Å². The lowest BCUT2D eigenvalue weighted by Gasteiger charge is -2.10. The zero-order valence-electron chi connectivity index (χ0n) is 14.7. The van der Waals surface area contributed by atoms with E-state index in [1.54, 1.807) is 29.2 Å². The molecule has 6 heteroatoms. The third-order valence-electron chi connectivity index (χ3n) is 4.54. The fourth-order valence-electron chi connectivity index (χ4n) is 3.19. The average Bonchev–Trinajstić information content (AvgIpc) is 3.26. The highest BCUT2D eigenvalue weighted by molar-refractivity contribution is 5.94. The second-order valence-electron chi connectivity index (χ2n) is 6.26. The summed E-state index contributed by atoms with van der Waals surface area (Å²) in [5.74, 6) is 0.796. The van der Waals surface area contributed by atoms with Gasteiger partial charge in [-0.05, 0) is 30.3 Å². The lowest BCUT2D eigenvalue weighted by Crippen LogP contribution is -2.18. The molecule has 28 heavy (non-hydrogen) atoms. The predicted octanol–water partition coefficient (Wildman–Crippen LogP) is 4.10. The monoisotopic (exact) mass is 366 g/mol. The molecular formula is C22H14N4O2. The van der Waals surface area contributed by atoms with Crippen LogP contribution in [-0.2, 0) is 0 Å². The van der Waals surface area contributed by atoms with Gasteiger partial charge in [0.15, 0.2) is 0 Å². The fourth-order valence-corrected chi connectivity index (χ4v) is 3.19. The molecule has 0 saturated heterocycles. The molecule has 5 aromatic rings. The first-order chi connectivity index (χ1) is 13.8. The molecule has 2 aromatic carbocycles. The van der Waals surface area contributed by atoms with Crippen LogP contribution in [0.3, 0.4) is 0 Å². The van der Waals surface area contributed by atoms with Crippen LogP contribution in [0, 0.1) is 0 Å². The van der Waals surface area contributed by atoms with Gasteiger partial charge >= 0.3 is 0 Å². The molecule has 0 aliphatic carbocycles. The molecule has 0 radical (unpaired) electrons. The maximum atomic E-state index is 13.0. The van der Waals surface area contributed by atoms with Gasteiger partial charge in [0.25, 0.3) is 11.4 Å². The molecule has 0 unspecified atom stereocenters. The van der Waals surface area contributed by atoms with Crippen LogP contribution in [-0.4, -0.2) is 19.7 Å². The van der Waals surface area contributed by atoms with Crippen molar-refractivity contribution in [2.24, 2.45) is 0 Å². The van der Waals surface area contributed by atoms with E-state index >= 15 is 0 Å². The minimum Gasteiger partial charge on any atom is -0.334 e. The van der Waals surface area contributed by atoms with Crippen molar-refractivity contribution in [3.8, 4) is 28.5 Å². The van der Waals surface area contributed by atoms with Crippen LogP contribution in [0.25, 0.3) is 39.3 Å². The third kappa shape index (κ3) is 2.68. The van der Waals surface area contributed by atoms with Gasteiger partial charge in [-0.15, -0.1) is 0 Å². The second kappa shape index (κ2) is 6.59. The molecule has 0 aliphatic heterocycles. The molecule has 0 fully saturated rings. The topological polar surface area (TPSA) is 73.8 Å². The minimum atomic E-state index is -0.0995. The van der Waals surface area contributed by atoms with Crippen molar-refractivity contribution >= 4 is 10.8 Å². The van der Waals surface area contributed by atoms with Crippen LogP contribution in [0.15, 0.2) is 94.6 Å². The largest absolute Gasteiger partial charge is 0.334 e. The molecule has 0 atom stereocenters. The predicted molar refractivity (Wildman–Crippen MR) is 106 cm³/mol. The van der Waals surface area contributed by atoms with Crippen LogP contribution in [0.2, 0.25) is 0 Å². The summed E-state index contributed by atoms with van der Waals surface area (Å²) >= 11 is 0. The molecule has 5 rings (SSSR count). The summed E-state index contributed by atoms with van der Waals surface area (Å²) in [6.07, 6.45) is 5.12. The summed E-state index contributed by atoms with van der Waals surface area (Å²) < 4.78 is 7.14. The van der Waals surface area contributed by atoms with Gasteiger partial charge in [-0.3, -0.25) is 14.3 Å². The smallest absolute Gasteiger partial charge is 0.262 e. The molecule has 0 saturated carbocycles. The summed E-state index contributed by atoms with van der Waals surface area (Å²) in [6, 6.07) is 20.6. The number of rotatable bonds is 3. The number of benzene rings is 2. The first-order valence-electron chi connectivity index (χ1n) is 8.75. The van der Waals surface area contributed by atoms with E-state index in [1.807, 2.05) is 60.7 Å². The molecule has 0 N–H and O–H groups in total. The number of hydrogen-bond acceptors (Lipinski definition) is 5. The standard InChI is InChI=1S/C22H14N4O2/c27-22-18-11-5-4-10-17(18)19(14-26(22)16-8-2-1-3-9-16)21-24-20(25-28-21)15-7-6-12-23-13-15/h1-14H. The summed E-state index contributed by atoms with van der Waals surface area (Å²) in [6.45, 7) is 0. The quantitative estimate of drug-likeness (QED) is 0.480. The van der Waals surface area contributed by atoms with Gasteiger partial charge in [0.2, 0.25) is 5.82 Å². The Morgan fingerprint density at radius 3 is 2.43 bits per heavy atom. The number of para-hydroxylation sites is 1. The number of nitrogens with zero attached hydrogens (tertiary/aromatic N) is 4. The molecule has 3 heterocycles. The van der Waals surface area contributed by atoms with E-state index in [-0.39, 0.29) is 5.56 Å². The number of fused-ring (bicyclic) bond motifs is 1. The first-order valence-corrected chi connectivity index (χ1v) is 8.75. The van der Waals surface area contributed by atoms with Crippen molar-refractivity contribution in [1.29, 1.82) is 0 Å². The van der Waals surface area contributed by atoms with E-state index in [4.69, 9.17) is 4.52 Å². The summed E-state index contributed by atoms with van der Waals surface area (Å²) in [7, 11) is 0. The Hall–Kier alpha value is -4.06. The number of aromatic nitrogens is 4. The van der Waals surface area contributed by atoms with Crippen LogP contribution in [0.5, 0.6) is 0 Å². The average molecular weight is 366 g/mol. The zero-order valence-corrected chi connectivity index (χ0v) is 14.7. The van der Waals surface area contributed by atoms with E-state index in [1.165, 1.54) is 0 Å². The second-order valence-corrected chi connectivity index (χ2v) is 6.26. The van der Waals surface area contributed by atoms with E-state index in [0.717, 1.165) is 16.6 Å². The SMILES string of the molecule is O=c1c2ccccc2c(-c2nc(-c3cccnc3)no2)cn1-c1ccccc1. The fraction of sp³-hybridized carbons (Fsp3) is 0. The van der Waals surface area contributed by atoms with Crippen molar-refractivity contribution in [2.75, 3.05) is 0 Å². The highest BCUT2D eigenvalue weighted by Crippen LogP contribution is 2.28. The number of hydrogen-bond donors (Lipinski definition) is 0. The third-order valence-corrected chi connectivity index (χ3v) is 4.54. The maximum Gasteiger partial charge on any atom is 0.262 e. The molecule has 0 bridgehead atoms. The van der Waals surface area contributed by atoms with E-state index in [2.05, 4.69) is 15.1 Å². The van der Waals surface area contributed by atoms with E-state index < -0.39 is 0 Å². The Morgan fingerprint density at radius 2 is 1.64 bits per heavy atom. The van der Waals surface area contributed by atoms with Crippen LogP contribution in [0.4, 0.5) is 0 Å². The van der Waals surface area contributed by atoms with Crippen LogP contribution < -0.4 is 5.56 Å². The number of pyridine rings is 2. The molecular weight excluding hydrogens is 352 g/mol. The Bertz CT molecular complexity index is 1330. The van der Waals surface area contributed by atoms with Gasteiger partial charge in [-0.1, -0.05) is 41.6 Å². The molecule has 6 nitrogen and oxygen atoms in total. The highest BCUT2D eigenvalue weighted by Gasteiger charge is 2.17. The molecule has 134 valence electrons. The van der Waals surface area contributed by atoms with Gasteiger partial charge in [0.1, 0.15) is 0 Å². The van der Waals surface area contributed by atoms with Crippen molar-refractivity contribution < 1.29 is 4.52 Å². The van der Waals surface area contributed by atoms with E-state index in [9.17, 15) is 4.79 Å². The normalized spacial score (nSPS) is 11.0. The molecule has 0 spiro atoms. The minimum absolute atomic E-state index is 0.0995. The Morgan fingerprint density at radius 1 is 0.857 bits per heavy atom.